The number of anilines is 2. The number of aromatic nitrogens is 2. The third-order valence-corrected chi connectivity index (χ3v) is 5.76. The van der Waals surface area contributed by atoms with Gasteiger partial charge < -0.3 is 10.2 Å². The molecule has 1 atom stereocenters. The van der Waals surface area contributed by atoms with Crippen molar-refractivity contribution in [2.24, 2.45) is 0 Å². The van der Waals surface area contributed by atoms with Gasteiger partial charge in [0.25, 0.3) is 5.91 Å². The van der Waals surface area contributed by atoms with Gasteiger partial charge in [-0.15, -0.1) is 0 Å². The fourth-order valence-electron chi connectivity index (χ4n) is 3.48. The molecule has 0 radical (unpaired) electrons. The van der Waals surface area contributed by atoms with Crippen LogP contribution in [-0.4, -0.2) is 32.4 Å². The number of hydrogen-bond donors (Lipinski definition) is 2. The van der Waals surface area contributed by atoms with Gasteiger partial charge in [-0.25, -0.2) is 0 Å². The van der Waals surface area contributed by atoms with Crippen molar-refractivity contribution in [3.63, 3.8) is 0 Å². The molecule has 0 saturated carbocycles. The molecular weight excluding hydrogens is 390 g/mol. The Bertz CT molecular complexity index is 1000. The average Bonchev–Trinajstić information content (AvgIpc) is 3.17. The minimum absolute atomic E-state index is 0.264. The van der Waals surface area contributed by atoms with E-state index in [2.05, 4.69) is 43.3 Å². The number of nitrogens with one attached hydrogen (secondary N) is 2. The molecule has 1 fully saturated rings. The summed E-state index contributed by atoms with van der Waals surface area (Å²) >= 11 is 6.42. The number of benzene rings is 2. The zero-order valence-corrected chi connectivity index (χ0v) is 17.1. The number of rotatable bonds is 3. The van der Waals surface area contributed by atoms with Crippen molar-refractivity contribution in [3.05, 3.63) is 48.0 Å². The summed E-state index contributed by atoms with van der Waals surface area (Å²) in [5, 5.41) is 6.05. The van der Waals surface area contributed by atoms with Gasteiger partial charge in [0.1, 0.15) is 11.0 Å². The molecule has 2 heterocycles. The molecule has 144 valence electrons. The molecule has 28 heavy (non-hydrogen) atoms. The van der Waals surface area contributed by atoms with E-state index in [4.69, 9.17) is 12.2 Å². The lowest BCUT2D eigenvalue weighted by molar-refractivity contribution is 0.0978. The fourth-order valence-corrected chi connectivity index (χ4v) is 4.21. The highest BCUT2D eigenvalue weighted by atomic mass is 32.1. The number of nitrogens with zero attached hydrogens (tertiary/aromatic N) is 3. The minimum Gasteiger partial charge on any atom is -0.369 e. The van der Waals surface area contributed by atoms with Crippen LogP contribution in [0.5, 0.6) is 0 Å². The lowest BCUT2D eigenvalue weighted by atomic mass is 10.0. The van der Waals surface area contributed by atoms with Gasteiger partial charge in [0.2, 0.25) is 0 Å². The number of carbonyl (C=O) groups is 1. The first kappa shape index (κ1) is 18.8. The first-order valence-electron chi connectivity index (χ1n) is 9.31. The maximum Gasteiger partial charge on any atom is 0.257 e. The van der Waals surface area contributed by atoms with Gasteiger partial charge in [-0.2, -0.15) is 8.75 Å². The molecule has 0 spiro atoms. The summed E-state index contributed by atoms with van der Waals surface area (Å²) < 4.78 is 8.30. The molecule has 8 heteroatoms. The van der Waals surface area contributed by atoms with Crippen molar-refractivity contribution in [1.82, 2.24) is 14.1 Å². The Labute approximate surface area is 173 Å². The highest BCUT2D eigenvalue weighted by molar-refractivity contribution is 7.80. The molecule has 1 aromatic heterocycles. The van der Waals surface area contributed by atoms with Crippen LogP contribution < -0.4 is 15.5 Å². The molecule has 1 saturated heterocycles. The zero-order valence-electron chi connectivity index (χ0n) is 15.5. The van der Waals surface area contributed by atoms with Gasteiger partial charge in [-0.3, -0.25) is 10.1 Å². The molecule has 0 aliphatic carbocycles. The van der Waals surface area contributed by atoms with Crippen LogP contribution >= 0.6 is 23.9 Å². The monoisotopic (exact) mass is 411 g/mol. The lowest BCUT2D eigenvalue weighted by Crippen LogP contribution is -2.37. The second kappa shape index (κ2) is 8.20. The van der Waals surface area contributed by atoms with Crippen molar-refractivity contribution in [3.8, 4) is 0 Å². The Morgan fingerprint density at radius 1 is 1.14 bits per heavy atom. The van der Waals surface area contributed by atoms with Gasteiger partial charge in [0.15, 0.2) is 5.11 Å². The molecule has 1 aliphatic heterocycles. The summed E-state index contributed by atoms with van der Waals surface area (Å²) in [5.41, 5.74) is 4.05. The Morgan fingerprint density at radius 3 is 2.71 bits per heavy atom. The second-order valence-electron chi connectivity index (χ2n) is 6.96. The Kier molecular flexibility index (Phi) is 5.50. The Balaban J connectivity index is 1.37. The van der Waals surface area contributed by atoms with Gasteiger partial charge >= 0.3 is 0 Å². The molecule has 2 aromatic carbocycles. The first-order valence-corrected chi connectivity index (χ1v) is 10.5. The summed E-state index contributed by atoms with van der Waals surface area (Å²) in [5.74, 6) is -0.272. The molecule has 3 aromatic rings. The van der Waals surface area contributed by atoms with Crippen LogP contribution in [0.3, 0.4) is 0 Å². The maximum atomic E-state index is 12.4. The van der Waals surface area contributed by atoms with Gasteiger partial charge in [0, 0.05) is 29.5 Å². The summed E-state index contributed by atoms with van der Waals surface area (Å²) in [6, 6.07) is 13.9. The van der Waals surface area contributed by atoms with Crippen LogP contribution in [0.4, 0.5) is 11.4 Å². The normalized spacial score (nSPS) is 16.8. The molecule has 6 nitrogen and oxygen atoms in total. The van der Waals surface area contributed by atoms with Crippen molar-refractivity contribution in [1.29, 1.82) is 0 Å². The quantitative estimate of drug-likeness (QED) is 0.630. The van der Waals surface area contributed by atoms with Gasteiger partial charge in [-0.1, -0.05) is 0 Å². The predicted octanol–water partition coefficient (Wildman–Crippen LogP) is 4.20. The Morgan fingerprint density at radius 2 is 1.93 bits per heavy atom. The zero-order chi connectivity index (χ0) is 19.5. The molecule has 1 aliphatic rings. The van der Waals surface area contributed by atoms with Crippen LogP contribution in [0.25, 0.3) is 11.0 Å². The SMILES string of the molecule is CC1CCCCN1c1ccc(NC(=S)NC(=O)c2ccc3nsnc3c2)cc1. The highest BCUT2D eigenvalue weighted by Gasteiger charge is 2.18. The van der Waals surface area contributed by atoms with Crippen LogP contribution in [-0.2, 0) is 0 Å². The van der Waals surface area contributed by atoms with E-state index in [-0.39, 0.29) is 11.0 Å². The summed E-state index contributed by atoms with van der Waals surface area (Å²) in [6.07, 6.45) is 3.78. The van der Waals surface area contributed by atoms with E-state index >= 15 is 0 Å². The van der Waals surface area contributed by atoms with Crippen LogP contribution in [0.2, 0.25) is 0 Å². The standard InChI is InChI=1S/C20H21N5OS2/c1-13-4-2-3-11-25(13)16-8-6-15(7-9-16)21-20(27)22-19(26)14-5-10-17-18(12-14)24-28-23-17/h5-10,12-13H,2-4,11H2,1H3,(H2,21,22,26,27). The summed E-state index contributed by atoms with van der Waals surface area (Å²) in [4.78, 5) is 14.9. The molecule has 2 N–H and O–H groups in total. The smallest absolute Gasteiger partial charge is 0.257 e. The molecule has 1 unspecified atom stereocenters. The van der Waals surface area contributed by atoms with E-state index in [0.29, 0.717) is 17.1 Å². The van der Waals surface area contributed by atoms with Crippen LogP contribution in [0.1, 0.15) is 36.5 Å². The fraction of sp³-hybridized carbons (Fsp3) is 0.300. The number of hydrogen-bond acceptors (Lipinski definition) is 6. The summed E-state index contributed by atoms with van der Waals surface area (Å²) in [6.45, 7) is 3.37. The van der Waals surface area contributed by atoms with Crippen LogP contribution in [0, 0.1) is 0 Å². The average molecular weight is 412 g/mol. The van der Waals surface area contributed by atoms with E-state index < -0.39 is 0 Å². The van der Waals surface area contributed by atoms with Crippen molar-refractivity contribution in [2.75, 3.05) is 16.8 Å². The van der Waals surface area contributed by atoms with E-state index in [1.54, 1.807) is 18.2 Å². The predicted molar refractivity (Wildman–Crippen MR) is 118 cm³/mol. The van der Waals surface area contributed by atoms with Crippen LogP contribution in [0.15, 0.2) is 42.5 Å². The number of thiocarbonyl (C=S) groups is 1. The van der Waals surface area contributed by atoms with Gasteiger partial charge in [-0.05, 0) is 80.9 Å². The van der Waals surface area contributed by atoms with E-state index in [9.17, 15) is 4.79 Å². The minimum atomic E-state index is -0.272. The Hall–Kier alpha value is -2.58. The lowest BCUT2D eigenvalue weighted by Gasteiger charge is -2.35. The molecule has 4 rings (SSSR count). The summed E-state index contributed by atoms with van der Waals surface area (Å²) in [7, 11) is 0. The molecule has 0 bridgehead atoms. The van der Waals surface area contributed by atoms with Gasteiger partial charge in [0.05, 0.1) is 11.7 Å². The molecular formula is C20H21N5OS2. The maximum absolute atomic E-state index is 12.4. The first-order chi connectivity index (χ1) is 13.6. The number of carbonyl (C=O) groups excluding carboxylic acids is 1. The largest absolute Gasteiger partial charge is 0.369 e. The topological polar surface area (TPSA) is 70.2 Å². The highest BCUT2D eigenvalue weighted by Crippen LogP contribution is 2.25. The van der Waals surface area contributed by atoms with Crippen molar-refractivity contribution < 1.29 is 4.79 Å². The number of amides is 1. The third kappa shape index (κ3) is 4.13. The van der Waals surface area contributed by atoms with E-state index in [0.717, 1.165) is 29.5 Å². The third-order valence-electron chi connectivity index (χ3n) is 5.00. The van der Waals surface area contributed by atoms with Crippen molar-refractivity contribution >= 4 is 57.4 Å². The number of fused-ring (bicyclic) bond motifs is 1. The number of piperidine rings is 1. The van der Waals surface area contributed by atoms with Crippen molar-refractivity contribution in [2.45, 2.75) is 32.2 Å². The molecule has 1 amide bonds. The second-order valence-corrected chi connectivity index (χ2v) is 7.90. The van der Waals surface area contributed by atoms with E-state index in [1.807, 2.05) is 12.1 Å². The van der Waals surface area contributed by atoms with E-state index in [1.165, 1.54) is 24.9 Å².